The monoisotopic (exact) mass is 273 g/mol. The molecule has 0 aromatic rings. The van der Waals surface area contributed by atoms with Gasteiger partial charge in [0.2, 0.25) is 0 Å². The van der Waals surface area contributed by atoms with Crippen LogP contribution in [0.2, 0.25) is 0 Å². The molecular formula is C14H24ClNO2. The van der Waals surface area contributed by atoms with Gasteiger partial charge < -0.3 is 5.73 Å². The largest absolute Gasteiger partial charge is 0.328 e. The lowest BCUT2D eigenvalue weighted by atomic mass is 9.71. The third kappa shape index (κ3) is 2.62. The van der Waals surface area contributed by atoms with E-state index in [0.29, 0.717) is 12.8 Å². The summed E-state index contributed by atoms with van der Waals surface area (Å²) in [7, 11) is 0. The van der Waals surface area contributed by atoms with Crippen LogP contribution < -0.4 is 5.73 Å². The number of halogens is 1. The second-order valence-electron chi connectivity index (χ2n) is 5.74. The van der Waals surface area contributed by atoms with Crippen molar-refractivity contribution in [3.8, 4) is 0 Å². The lowest BCUT2D eigenvalue weighted by Gasteiger charge is -2.30. The van der Waals surface area contributed by atoms with Crippen molar-refractivity contribution in [1.29, 1.82) is 0 Å². The highest BCUT2D eigenvalue weighted by molar-refractivity contribution is 6.14. The van der Waals surface area contributed by atoms with Crippen molar-refractivity contribution < 1.29 is 9.59 Å². The molecule has 2 N–H and O–H groups in total. The van der Waals surface area contributed by atoms with Crippen molar-refractivity contribution in [1.82, 2.24) is 0 Å². The Balaban J connectivity index is 0.00000162. The fourth-order valence-electron chi connectivity index (χ4n) is 3.44. The van der Waals surface area contributed by atoms with E-state index in [4.69, 9.17) is 5.73 Å². The second-order valence-corrected chi connectivity index (χ2v) is 5.74. The van der Waals surface area contributed by atoms with Gasteiger partial charge in [0, 0.05) is 18.4 Å². The molecule has 0 radical (unpaired) electrons. The molecule has 1 spiro atoms. The number of Topliss-reactive ketones (excluding diaryl/α,β-unsaturated/α-hetero) is 2. The highest BCUT2D eigenvalue weighted by atomic mass is 35.5. The summed E-state index contributed by atoms with van der Waals surface area (Å²) in [6, 6.07) is 0.0653. The molecule has 2 aliphatic rings. The Morgan fingerprint density at radius 1 is 1.28 bits per heavy atom. The van der Waals surface area contributed by atoms with Crippen LogP contribution in [0.3, 0.4) is 0 Å². The van der Waals surface area contributed by atoms with Gasteiger partial charge in [-0.05, 0) is 25.7 Å². The summed E-state index contributed by atoms with van der Waals surface area (Å²) < 4.78 is 0. The molecule has 0 bridgehead atoms. The number of carbonyl (C=O) groups excluding carboxylic acids is 2. The number of rotatable bonds is 3. The van der Waals surface area contributed by atoms with E-state index in [1.54, 1.807) is 0 Å². The molecule has 0 aromatic heterocycles. The van der Waals surface area contributed by atoms with Gasteiger partial charge >= 0.3 is 0 Å². The maximum absolute atomic E-state index is 12.5. The molecule has 2 fully saturated rings. The molecule has 2 aliphatic carbocycles. The minimum absolute atomic E-state index is 0. The molecule has 2 saturated carbocycles. The molecule has 3 nitrogen and oxygen atoms in total. The Morgan fingerprint density at radius 2 is 1.89 bits per heavy atom. The van der Waals surface area contributed by atoms with Gasteiger partial charge in [0.15, 0.2) is 0 Å². The van der Waals surface area contributed by atoms with Crippen LogP contribution >= 0.6 is 12.4 Å². The lowest BCUT2D eigenvalue weighted by molar-refractivity contribution is -0.138. The second kappa shape index (κ2) is 6.16. The molecule has 0 aliphatic heterocycles. The smallest absolute Gasteiger partial charge is 0.149 e. The average molecular weight is 274 g/mol. The van der Waals surface area contributed by atoms with Gasteiger partial charge in [-0.25, -0.2) is 0 Å². The third-order valence-corrected chi connectivity index (χ3v) is 4.63. The molecule has 2 atom stereocenters. The Labute approximate surface area is 115 Å². The van der Waals surface area contributed by atoms with Crippen molar-refractivity contribution >= 4 is 24.0 Å². The minimum atomic E-state index is -0.587. The maximum Gasteiger partial charge on any atom is 0.149 e. The van der Waals surface area contributed by atoms with E-state index in [0.717, 1.165) is 32.1 Å². The lowest BCUT2D eigenvalue weighted by Crippen LogP contribution is -2.37. The normalized spacial score (nSPS) is 28.2. The summed E-state index contributed by atoms with van der Waals surface area (Å²) in [6.07, 6.45) is 6.85. The SMILES string of the molecule is CCC(N)CC1CC(=O)C2(CCCCC2)C1=O.Cl. The van der Waals surface area contributed by atoms with E-state index in [2.05, 4.69) is 0 Å². The number of hydrogen-bond donors (Lipinski definition) is 1. The Bertz CT molecular complexity index is 324. The molecule has 4 heteroatoms. The van der Waals surface area contributed by atoms with Gasteiger partial charge in [0.05, 0.1) is 5.41 Å². The van der Waals surface area contributed by atoms with Crippen molar-refractivity contribution in [2.75, 3.05) is 0 Å². The molecule has 2 rings (SSSR count). The summed E-state index contributed by atoms with van der Waals surface area (Å²) in [5.74, 6) is 0.331. The Hall–Kier alpha value is -0.410. The Kier molecular flexibility index (Phi) is 5.35. The van der Waals surface area contributed by atoms with Crippen LogP contribution in [0.1, 0.15) is 58.3 Å². The van der Waals surface area contributed by atoms with Crippen LogP contribution in [-0.4, -0.2) is 17.6 Å². The first-order valence-electron chi connectivity index (χ1n) is 6.93. The number of hydrogen-bond acceptors (Lipinski definition) is 3. The average Bonchev–Trinajstić information content (AvgIpc) is 2.56. The van der Waals surface area contributed by atoms with E-state index in [9.17, 15) is 9.59 Å². The van der Waals surface area contributed by atoms with E-state index < -0.39 is 5.41 Å². The van der Waals surface area contributed by atoms with Gasteiger partial charge in [-0.15, -0.1) is 12.4 Å². The molecule has 2 unspecified atom stereocenters. The highest BCUT2D eigenvalue weighted by Crippen LogP contribution is 2.47. The minimum Gasteiger partial charge on any atom is -0.328 e. The summed E-state index contributed by atoms with van der Waals surface area (Å²) >= 11 is 0. The predicted octanol–water partition coefficient (Wildman–Crippen LogP) is 2.64. The molecular weight excluding hydrogens is 250 g/mol. The van der Waals surface area contributed by atoms with Crippen molar-refractivity contribution in [2.45, 2.75) is 64.3 Å². The quantitative estimate of drug-likeness (QED) is 0.804. The molecule has 0 aromatic carbocycles. The van der Waals surface area contributed by atoms with Gasteiger partial charge in [-0.3, -0.25) is 9.59 Å². The van der Waals surface area contributed by atoms with Crippen molar-refractivity contribution in [3.05, 3.63) is 0 Å². The number of ketones is 2. The van der Waals surface area contributed by atoms with Crippen LogP contribution in [0.5, 0.6) is 0 Å². The van der Waals surface area contributed by atoms with Gasteiger partial charge in [-0.2, -0.15) is 0 Å². The zero-order valence-corrected chi connectivity index (χ0v) is 11.9. The number of carbonyl (C=O) groups is 2. The van der Waals surface area contributed by atoms with E-state index >= 15 is 0 Å². The van der Waals surface area contributed by atoms with Crippen LogP contribution in [0.4, 0.5) is 0 Å². The first kappa shape index (κ1) is 15.6. The zero-order valence-electron chi connectivity index (χ0n) is 11.1. The predicted molar refractivity (Wildman–Crippen MR) is 73.8 cm³/mol. The van der Waals surface area contributed by atoms with Gasteiger partial charge in [0.1, 0.15) is 11.6 Å². The van der Waals surface area contributed by atoms with E-state index in [1.165, 1.54) is 6.42 Å². The van der Waals surface area contributed by atoms with Crippen LogP contribution in [-0.2, 0) is 9.59 Å². The third-order valence-electron chi connectivity index (χ3n) is 4.63. The van der Waals surface area contributed by atoms with Crippen LogP contribution in [0.25, 0.3) is 0 Å². The first-order valence-corrected chi connectivity index (χ1v) is 6.93. The zero-order chi connectivity index (χ0) is 12.5. The van der Waals surface area contributed by atoms with Crippen LogP contribution in [0.15, 0.2) is 0 Å². The summed E-state index contributed by atoms with van der Waals surface area (Å²) in [5, 5.41) is 0. The Morgan fingerprint density at radius 3 is 2.44 bits per heavy atom. The van der Waals surface area contributed by atoms with Crippen molar-refractivity contribution in [2.24, 2.45) is 17.1 Å². The summed E-state index contributed by atoms with van der Waals surface area (Å²) in [6.45, 7) is 2.03. The van der Waals surface area contributed by atoms with Crippen LogP contribution in [0, 0.1) is 11.3 Å². The highest BCUT2D eigenvalue weighted by Gasteiger charge is 2.53. The molecule has 0 amide bonds. The van der Waals surface area contributed by atoms with Crippen molar-refractivity contribution in [3.63, 3.8) is 0 Å². The molecule has 0 saturated heterocycles. The molecule has 18 heavy (non-hydrogen) atoms. The summed E-state index contributed by atoms with van der Waals surface area (Å²) in [5.41, 5.74) is 5.33. The topological polar surface area (TPSA) is 60.2 Å². The van der Waals surface area contributed by atoms with Gasteiger partial charge in [0.25, 0.3) is 0 Å². The summed E-state index contributed by atoms with van der Waals surface area (Å²) in [4.78, 5) is 24.6. The first-order chi connectivity index (χ1) is 8.10. The molecule has 104 valence electrons. The maximum atomic E-state index is 12.5. The fourth-order valence-corrected chi connectivity index (χ4v) is 3.44. The fraction of sp³-hybridized carbons (Fsp3) is 0.857. The van der Waals surface area contributed by atoms with E-state index in [-0.39, 0.29) is 35.9 Å². The van der Waals surface area contributed by atoms with Gasteiger partial charge in [-0.1, -0.05) is 26.2 Å². The standard InChI is InChI=1S/C14H23NO2.ClH/c1-2-11(15)8-10-9-12(16)14(13(10)17)6-4-3-5-7-14;/h10-11H,2-9,15H2,1H3;1H. The molecule has 0 heterocycles. The number of nitrogens with two attached hydrogens (primary N) is 1. The van der Waals surface area contributed by atoms with E-state index in [1.807, 2.05) is 6.92 Å².